The van der Waals surface area contributed by atoms with Crippen LogP contribution in [0.4, 0.5) is 4.39 Å². The Balaban J connectivity index is 1.94. The van der Waals surface area contributed by atoms with Crippen LogP contribution in [-0.2, 0) is 0 Å². The van der Waals surface area contributed by atoms with E-state index in [0.717, 1.165) is 51.0 Å². The van der Waals surface area contributed by atoms with Crippen LogP contribution in [0.2, 0.25) is 0 Å². The van der Waals surface area contributed by atoms with Crippen LogP contribution < -0.4 is 5.32 Å². The van der Waals surface area contributed by atoms with Crippen LogP contribution in [0.5, 0.6) is 0 Å². The molecule has 1 fully saturated rings. The van der Waals surface area contributed by atoms with Crippen molar-refractivity contribution in [3.8, 4) is 0 Å². The van der Waals surface area contributed by atoms with Gasteiger partial charge in [0.1, 0.15) is 5.82 Å². The molecule has 1 heterocycles. The zero-order chi connectivity index (χ0) is 15.3. The van der Waals surface area contributed by atoms with Gasteiger partial charge in [0.15, 0.2) is 0 Å². The first kappa shape index (κ1) is 16.4. The number of likely N-dealkylation sites (tertiary alicyclic amines) is 1. The van der Waals surface area contributed by atoms with Crippen molar-refractivity contribution >= 4 is 0 Å². The van der Waals surface area contributed by atoms with Crippen LogP contribution in [0, 0.1) is 5.82 Å². The van der Waals surface area contributed by atoms with E-state index in [9.17, 15) is 9.50 Å². The monoisotopic (exact) mass is 294 g/mol. The standard InChI is InChI=1S/C17H27FN2O/c1-3-19-16(14-6-4-7-15(18)12-14)8-11-20-10-5-9-17(2,21)13-20/h4,6-7,12,16,19,21H,3,5,8-11,13H2,1-2H3. The number of hydrogen-bond donors (Lipinski definition) is 2. The van der Waals surface area contributed by atoms with E-state index in [4.69, 9.17) is 0 Å². The number of halogens is 1. The molecule has 4 heteroatoms. The van der Waals surface area contributed by atoms with Gasteiger partial charge in [0.25, 0.3) is 0 Å². The van der Waals surface area contributed by atoms with Crippen molar-refractivity contribution in [1.82, 2.24) is 10.2 Å². The number of benzene rings is 1. The third kappa shape index (κ3) is 5.06. The lowest BCUT2D eigenvalue weighted by atomic mass is 9.94. The lowest BCUT2D eigenvalue weighted by Gasteiger charge is -2.37. The minimum absolute atomic E-state index is 0.164. The van der Waals surface area contributed by atoms with E-state index in [1.165, 1.54) is 6.07 Å². The maximum atomic E-state index is 13.4. The van der Waals surface area contributed by atoms with Crippen molar-refractivity contribution in [2.75, 3.05) is 26.2 Å². The predicted octanol–water partition coefficient (Wildman–Crippen LogP) is 2.71. The summed E-state index contributed by atoms with van der Waals surface area (Å²) in [7, 11) is 0. The molecule has 2 unspecified atom stereocenters. The van der Waals surface area contributed by atoms with E-state index in [0.29, 0.717) is 0 Å². The Morgan fingerprint density at radius 1 is 1.48 bits per heavy atom. The molecular formula is C17H27FN2O. The average Bonchev–Trinajstić information content (AvgIpc) is 2.42. The van der Waals surface area contributed by atoms with Crippen LogP contribution >= 0.6 is 0 Å². The third-order valence-corrected chi connectivity index (χ3v) is 4.19. The Labute approximate surface area is 127 Å². The summed E-state index contributed by atoms with van der Waals surface area (Å²) in [6.45, 7) is 7.53. The molecule has 0 bridgehead atoms. The maximum absolute atomic E-state index is 13.4. The summed E-state index contributed by atoms with van der Waals surface area (Å²) in [6.07, 6.45) is 2.84. The summed E-state index contributed by atoms with van der Waals surface area (Å²) in [5, 5.41) is 13.6. The van der Waals surface area contributed by atoms with Crippen molar-refractivity contribution in [3.05, 3.63) is 35.6 Å². The first-order valence-corrected chi connectivity index (χ1v) is 7.94. The fourth-order valence-electron chi connectivity index (χ4n) is 3.18. The van der Waals surface area contributed by atoms with E-state index in [1.54, 1.807) is 12.1 Å². The van der Waals surface area contributed by atoms with Gasteiger partial charge in [0.2, 0.25) is 0 Å². The predicted molar refractivity (Wildman–Crippen MR) is 83.7 cm³/mol. The number of aliphatic hydroxyl groups is 1. The smallest absolute Gasteiger partial charge is 0.123 e. The molecule has 2 atom stereocenters. The lowest BCUT2D eigenvalue weighted by Crippen LogP contribution is -2.46. The molecule has 1 aromatic rings. The molecule has 0 spiro atoms. The van der Waals surface area contributed by atoms with Crippen molar-refractivity contribution in [2.45, 2.75) is 44.8 Å². The molecule has 1 aliphatic heterocycles. The van der Waals surface area contributed by atoms with Gasteiger partial charge in [-0.15, -0.1) is 0 Å². The van der Waals surface area contributed by atoms with Crippen LogP contribution in [0.15, 0.2) is 24.3 Å². The van der Waals surface area contributed by atoms with Crippen molar-refractivity contribution in [1.29, 1.82) is 0 Å². The minimum Gasteiger partial charge on any atom is -0.389 e. The number of hydrogen-bond acceptors (Lipinski definition) is 3. The molecular weight excluding hydrogens is 267 g/mol. The summed E-state index contributed by atoms with van der Waals surface area (Å²) in [5.74, 6) is -0.184. The summed E-state index contributed by atoms with van der Waals surface area (Å²) in [6, 6.07) is 7.00. The zero-order valence-corrected chi connectivity index (χ0v) is 13.1. The maximum Gasteiger partial charge on any atom is 0.123 e. The van der Waals surface area contributed by atoms with Gasteiger partial charge >= 0.3 is 0 Å². The molecule has 0 saturated carbocycles. The van der Waals surface area contributed by atoms with Gasteiger partial charge in [-0.3, -0.25) is 0 Å². The molecule has 118 valence electrons. The van der Waals surface area contributed by atoms with Crippen molar-refractivity contribution < 1.29 is 9.50 Å². The molecule has 2 rings (SSSR count). The highest BCUT2D eigenvalue weighted by Crippen LogP contribution is 2.23. The highest BCUT2D eigenvalue weighted by molar-refractivity contribution is 5.20. The summed E-state index contributed by atoms with van der Waals surface area (Å²) in [5.41, 5.74) is 0.436. The van der Waals surface area contributed by atoms with Crippen LogP contribution in [-0.4, -0.2) is 41.8 Å². The first-order valence-electron chi connectivity index (χ1n) is 7.94. The molecule has 0 radical (unpaired) electrons. The molecule has 1 aromatic carbocycles. The largest absolute Gasteiger partial charge is 0.389 e. The molecule has 3 nitrogen and oxygen atoms in total. The molecule has 1 aliphatic rings. The Morgan fingerprint density at radius 2 is 2.29 bits per heavy atom. The fraction of sp³-hybridized carbons (Fsp3) is 0.647. The average molecular weight is 294 g/mol. The number of piperidine rings is 1. The molecule has 0 amide bonds. The Bertz CT molecular complexity index is 450. The van der Waals surface area contributed by atoms with Gasteiger partial charge in [-0.25, -0.2) is 4.39 Å². The SMILES string of the molecule is CCNC(CCN1CCCC(C)(O)C1)c1cccc(F)c1. The quantitative estimate of drug-likeness (QED) is 0.847. The van der Waals surface area contributed by atoms with Gasteiger partial charge in [0.05, 0.1) is 5.60 Å². The van der Waals surface area contributed by atoms with Gasteiger partial charge in [-0.2, -0.15) is 0 Å². The number of nitrogens with zero attached hydrogens (tertiary/aromatic N) is 1. The Morgan fingerprint density at radius 3 is 2.95 bits per heavy atom. The summed E-state index contributed by atoms with van der Waals surface area (Å²) < 4.78 is 13.4. The molecule has 0 aromatic heterocycles. The van der Waals surface area contributed by atoms with Crippen molar-refractivity contribution in [2.24, 2.45) is 0 Å². The third-order valence-electron chi connectivity index (χ3n) is 4.19. The zero-order valence-electron chi connectivity index (χ0n) is 13.1. The highest BCUT2D eigenvalue weighted by atomic mass is 19.1. The minimum atomic E-state index is -0.565. The summed E-state index contributed by atoms with van der Waals surface area (Å²) >= 11 is 0. The van der Waals surface area contributed by atoms with Gasteiger partial charge in [0, 0.05) is 19.1 Å². The summed E-state index contributed by atoms with van der Waals surface area (Å²) in [4.78, 5) is 2.31. The molecule has 21 heavy (non-hydrogen) atoms. The molecule has 2 N–H and O–H groups in total. The second kappa shape index (κ2) is 7.34. The molecule has 1 saturated heterocycles. The van der Waals surface area contributed by atoms with Crippen LogP contribution in [0.3, 0.4) is 0 Å². The van der Waals surface area contributed by atoms with E-state index in [1.807, 2.05) is 13.0 Å². The normalized spacial score (nSPS) is 25.0. The second-order valence-electron chi connectivity index (χ2n) is 6.33. The fourth-order valence-corrected chi connectivity index (χ4v) is 3.18. The van der Waals surface area contributed by atoms with E-state index >= 15 is 0 Å². The molecule has 0 aliphatic carbocycles. The van der Waals surface area contributed by atoms with Crippen LogP contribution in [0.25, 0.3) is 0 Å². The number of rotatable bonds is 6. The lowest BCUT2D eigenvalue weighted by molar-refractivity contribution is -0.0163. The Kier molecular flexibility index (Phi) is 5.73. The van der Waals surface area contributed by atoms with E-state index in [2.05, 4.69) is 17.1 Å². The van der Waals surface area contributed by atoms with Crippen LogP contribution in [0.1, 0.15) is 44.7 Å². The van der Waals surface area contributed by atoms with Gasteiger partial charge in [-0.1, -0.05) is 19.1 Å². The number of nitrogens with one attached hydrogen (secondary N) is 1. The second-order valence-corrected chi connectivity index (χ2v) is 6.33. The Hall–Kier alpha value is -0.970. The number of β-amino-alcohol motifs (C(OH)–C–C–N with tert-alkyl or cyclic N) is 1. The first-order chi connectivity index (χ1) is 10.00. The van der Waals surface area contributed by atoms with Gasteiger partial charge in [-0.05, 0) is 57.0 Å². The van der Waals surface area contributed by atoms with Crippen molar-refractivity contribution in [3.63, 3.8) is 0 Å². The topological polar surface area (TPSA) is 35.5 Å². The van der Waals surface area contributed by atoms with E-state index in [-0.39, 0.29) is 11.9 Å². The highest BCUT2D eigenvalue weighted by Gasteiger charge is 2.28. The van der Waals surface area contributed by atoms with E-state index < -0.39 is 5.60 Å². The van der Waals surface area contributed by atoms with Gasteiger partial charge < -0.3 is 15.3 Å².